The minimum Gasteiger partial charge on any atom is -0.497 e. The van der Waals surface area contributed by atoms with E-state index in [1.165, 1.54) is 31.2 Å². The van der Waals surface area contributed by atoms with Crippen molar-refractivity contribution in [3.05, 3.63) is 29.8 Å². The Hall–Kier alpha value is -1.06. The Labute approximate surface area is 116 Å². The van der Waals surface area contributed by atoms with Gasteiger partial charge in [-0.15, -0.1) is 0 Å². The zero-order valence-electron chi connectivity index (χ0n) is 12.2. The molecule has 0 saturated heterocycles. The molecular formula is C16H25NO2. The van der Waals surface area contributed by atoms with Crippen molar-refractivity contribution in [3.63, 3.8) is 0 Å². The molecule has 106 valence electrons. The number of hydrogen-bond acceptors (Lipinski definition) is 3. The van der Waals surface area contributed by atoms with Gasteiger partial charge in [0.2, 0.25) is 0 Å². The highest BCUT2D eigenvalue weighted by Crippen LogP contribution is 2.25. The van der Waals surface area contributed by atoms with Crippen LogP contribution in [0.25, 0.3) is 0 Å². The molecule has 1 aliphatic rings. The van der Waals surface area contributed by atoms with Crippen LogP contribution >= 0.6 is 0 Å². The van der Waals surface area contributed by atoms with E-state index in [1.54, 1.807) is 7.11 Å². The second kappa shape index (κ2) is 6.92. The van der Waals surface area contributed by atoms with E-state index in [9.17, 15) is 0 Å². The summed E-state index contributed by atoms with van der Waals surface area (Å²) in [6, 6.07) is 9.04. The minimum absolute atomic E-state index is 0.316. The Kier molecular flexibility index (Phi) is 5.23. The highest BCUT2D eigenvalue weighted by atomic mass is 16.5. The minimum atomic E-state index is 0.316. The summed E-state index contributed by atoms with van der Waals surface area (Å²) in [5.74, 6) is 0.915. The molecule has 0 radical (unpaired) electrons. The molecule has 1 aliphatic carbocycles. The largest absolute Gasteiger partial charge is 0.497 e. The zero-order valence-corrected chi connectivity index (χ0v) is 12.2. The van der Waals surface area contributed by atoms with Crippen LogP contribution in [-0.4, -0.2) is 26.4 Å². The molecule has 0 heterocycles. The molecule has 19 heavy (non-hydrogen) atoms. The van der Waals surface area contributed by atoms with Crippen molar-refractivity contribution in [1.29, 1.82) is 0 Å². The summed E-state index contributed by atoms with van der Waals surface area (Å²) >= 11 is 0. The van der Waals surface area contributed by atoms with Gasteiger partial charge in [-0.25, -0.2) is 0 Å². The van der Waals surface area contributed by atoms with E-state index in [0.29, 0.717) is 18.2 Å². The van der Waals surface area contributed by atoms with Gasteiger partial charge in [-0.3, -0.25) is 0 Å². The van der Waals surface area contributed by atoms with Crippen LogP contribution in [0.1, 0.15) is 44.2 Å². The van der Waals surface area contributed by atoms with E-state index in [0.717, 1.165) is 5.75 Å². The number of ether oxygens (including phenoxy) is 2. The summed E-state index contributed by atoms with van der Waals surface area (Å²) in [6.07, 6.45) is 5.29. The first kappa shape index (κ1) is 14.4. The number of benzene rings is 1. The van der Waals surface area contributed by atoms with Gasteiger partial charge in [-0.05, 0) is 37.5 Å². The molecule has 1 fully saturated rings. The fourth-order valence-corrected chi connectivity index (χ4v) is 2.90. The van der Waals surface area contributed by atoms with E-state index in [-0.39, 0.29) is 0 Å². The first-order valence-electron chi connectivity index (χ1n) is 7.17. The van der Waals surface area contributed by atoms with Crippen LogP contribution in [0, 0.1) is 0 Å². The summed E-state index contributed by atoms with van der Waals surface area (Å²) in [6.45, 7) is 2.20. The van der Waals surface area contributed by atoms with Crippen LogP contribution in [0.2, 0.25) is 0 Å². The molecule has 0 aliphatic heterocycles. The predicted molar refractivity (Wildman–Crippen MR) is 77.6 cm³/mol. The van der Waals surface area contributed by atoms with Crippen molar-refractivity contribution >= 4 is 0 Å². The lowest BCUT2D eigenvalue weighted by Gasteiger charge is -2.33. The molecule has 1 aromatic rings. The highest BCUT2D eigenvalue weighted by molar-refractivity contribution is 5.30. The smallest absolute Gasteiger partial charge is 0.119 e. The maximum absolute atomic E-state index is 5.60. The molecule has 0 bridgehead atoms. The fraction of sp³-hybridized carbons (Fsp3) is 0.625. The van der Waals surface area contributed by atoms with E-state index < -0.39 is 0 Å². The summed E-state index contributed by atoms with van der Waals surface area (Å²) in [5.41, 5.74) is 1.26. The first-order valence-corrected chi connectivity index (χ1v) is 7.17. The van der Waals surface area contributed by atoms with E-state index in [2.05, 4.69) is 24.4 Å². The van der Waals surface area contributed by atoms with Gasteiger partial charge in [-0.1, -0.05) is 25.0 Å². The molecule has 0 amide bonds. The van der Waals surface area contributed by atoms with Gasteiger partial charge in [0.1, 0.15) is 5.75 Å². The average Bonchev–Trinajstić information content (AvgIpc) is 2.47. The van der Waals surface area contributed by atoms with E-state index in [4.69, 9.17) is 9.47 Å². The average molecular weight is 263 g/mol. The van der Waals surface area contributed by atoms with Crippen LogP contribution in [-0.2, 0) is 4.74 Å². The Bertz CT molecular complexity index is 394. The van der Waals surface area contributed by atoms with Gasteiger partial charge in [0.15, 0.2) is 0 Å². The Morgan fingerprint density at radius 1 is 1.21 bits per heavy atom. The van der Waals surface area contributed by atoms with Gasteiger partial charge in [-0.2, -0.15) is 0 Å². The molecular weight excluding hydrogens is 238 g/mol. The van der Waals surface area contributed by atoms with Crippen LogP contribution < -0.4 is 10.1 Å². The lowest BCUT2D eigenvalue weighted by molar-refractivity contribution is 0.0384. The number of methoxy groups -OCH3 is 2. The zero-order chi connectivity index (χ0) is 13.7. The fourth-order valence-electron chi connectivity index (χ4n) is 2.90. The molecule has 2 unspecified atom stereocenters. The van der Waals surface area contributed by atoms with Crippen molar-refractivity contribution in [3.8, 4) is 5.75 Å². The van der Waals surface area contributed by atoms with Crippen LogP contribution in [0.5, 0.6) is 5.75 Å². The number of nitrogens with one attached hydrogen (secondary N) is 1. The van der Waals surface area contributed by atoms with Crippen LogP contribution in [0.4, 0.5) is 0 Å². The molecule has 0 spiro atoms. The molecule has 2 rings (SSSR count). The van der Waals surface area contributed by atoms with Gasteiger partial charge in [0.25, 0.3) is 0 Å². The molecule has 0 aromatic heterocycles. The van der Waals surface area contributed by atoms with Gasteiger partial charge in [0, 0.05) is 19.2 Å². The third kappa shape index (κ3) is 3.71. The quantitative estimate of drug-likeness (QED) is 0.884. The standard InChI is InChI=1S/C16H25NO2/c1-12(13-7-6-8-14(11-13)18-2)17-15-9-4-5-10-16(15)19-3/h6-8,11-12,15-17H,4-5,9-10H2,1-3H3/t12-,15?,16?/m1/s1. The van der Waals surface area contributed by atoms with Gasteiger partial charge < -0.3 is 14.8 Å². The summed E-state index contributed by atoms with van der Waals surface area (Å²) in [5, 5.41) is 3.71. The maximum Gasteiger partial charge on any atom is 0.119 e. The van der Waals surface area contributed by atoms with Crippen LogP contribution in [0.15, 0.2) is 24.3 Å². The molecule has 1 N–H and O–H groups in total. The highest BCUT2D eigenvalue weighted by Gasteiger charge is 2.26. The van der Waals surface area contributed by atoms with Crippen molar-refractivity contribution in [1.82, 2.24) is 5.32 Å². The van der Waals surface area contributed by atoms with Crippen LogP contribution in [0.3, 0.4) is 0 Å². The van der Waals surface area contributed by atoms with E-state index in [1.807, 2.05) is 19.2 Å². The normalized spacial score (nSPS) is 25.0. The Morgan fingerprint density at radius 2 is 2.00 bits per heavy atom. The Balaban J connectivity index is 2.00. The summed E-state index contributed by atoms with van der Waals surface area (Å²) < 4.78 is 10.9. The summed E-state index contributed by atoms with van der Waals surface area (Å²) in [4.78, 5) is 0. The third-order valence-electron chi connectivity index (χ3n) is 4.06. The van der Waals surface area contributed by atoms with Crippen molar-refractivity contribution < 1.29 is 9.47 Å². The lowest BCUT2D eigenvalue weighted by atomic mass is 9.91. The topological polar surface area (TPSA) is 30.5 Å². The summed E-state index contributed by atoms with van der Waals surface area (Å²) in [7, 11) is 3.53. The number of hydrogen-bond donors (Lipinski definition) is 1. The second-order valence-electron chi connectivity index (χ2n) is 5.33. The SMILES string of the molecule is COc1cccc([C@@H](C)NC2CCCCC2OC)c1. The second-order valence-corrected chi connectivity index (χ2v) is 5.33. The van der Waals surface area contributed by atoms with Crippen molar-refractivity contribution in [2.75, 3.05) is 14.2 Å². The van der Waals surface area contributed by atoms with Crippen molar-refractivity contribution in [2.45, 2.75) is 50.8 Å². The van der Waals surface area contributed by atoms with Gasteiger partial charge >= 0.3 is 0 Å². The molecule has 1 saturated carbocycles. The van der Waals surface area contributed by atoms with Crippen molar-refractivity contribution in [2.24, 2.45) is 0 Å². The third-order valence-corrected chi connectivity index (χ3v) is 4.06. The Morgan fingerprint density at radius 3 is 2.74 bits per heavy atom. The maximum atomic E-state index is 5.60. The monoisotopic (exact) mass is 263 g/mol. The first-order chi connectivity index (χ1) is 9.24. The predicted octanol–water partition coefficient (Wildman–Crippen LogP) is 3.30. The molecule has 3 atom stereocenters. The molecule has 1 aromatic carbocycles. The van der Waals surface area contributed by atoms with Gasteiger partial charge in [0.05, 0.1) is 13.2 Å². The lowest BCUT2D eigenvalue weighted by Crippen LogP contribution is -2.44. The molecule has 3 heteroatoms. The molecule has 3 nitrogen and oxygen atoms in total. The van der Waals surface area contributed by atoms with E-state index >= 15 is 0 Å². The number of rotatable bonds is 5.